The zero-order valence-corrected chi connectivity index (χ0v) is 18.1. The van der Waals surface area contributed by atoms with E-state index in [-0.39, 0.29) is 11.9 Å². The largest absolute Gasteiger partial charge is 0.370 e. The number of carbonyl (C=O) groups excluding carboxylic acids is 1. The number of nitrogens with zero attached hydrogens (tertiary/aromatic N) is 4. The Bertz CT molecular complexity index is 1110. The highest BCUT2D eigenvalue weighted by atomic mass is 35.5. The van der Waals surface area contributed by atoms with E-state index in [0.29, 0.717) is 16.5 Å². The standard InChI is InChI=1S/C23H26ClN5O/c1-14(2)29-22-18(13-25-29)17(12-19(26-22)15-5-6-15)23(30)27-20-11-16(24)7-8-21(20)28-9-3-4-10-28/h7-8,11-15H,3-6,9-10H2,1-2H3,(H,27,30). The molecule has 1 amide bonds. The van der Waals surface area contributed by atoms with E-state index < -0.39 is 0 Å². The van der Waals surface area contributed by atoms with Gasteiger partial charge in [0.25, 0.3) is 5.91 Å². The lowest BCUT2D eigenvalue weighted by Gasteiger charge is -2.22. The summed E-state index contributed by atoms with van der Waals surface area (Å²) in [4.78, 5) is 20.6. The second kappa shape index (κ2) is 7.58. The third kappa shape index (κ3) is 3.54. The first kappa shape index (κ1) is 19.4. The summed E-state index contributed by atoms with van der Waals surface area (Å²) < 4.78 is 1.90. The fourth-order valence-electron chi connectivity index (χ4n) is 4.22. The summed E-state index contributed by atoms with van der Waals surface area (Å²) in [7, 11) is 0. The van der Waals surface area contributed by atoms with Crippen molar-refractivity contribution in [1.82, 2.24) is 14.8 Å². The molecule has 5 rings (SSSR count). The summed E-state index contributed by atoms with van der Waals surface area (Å²) >= 11 is 6.27. The Hall–Kier alpha value is -2.60. The summed E-state index contributed by atoms with van der Waals surface area (Å²) in [6.07, 6.45) is 6.35. The van der Waals surface area contributed by atoms with E-state index in [2.05, 4.69) is 29.2 Å². The van der Waals surface area contributed by atoms with Crippen LogP contribution in [-0.4, -0.2) is 33.8 Å². The van der Waals surface area contributed by atoms with Gasteiger partial charge in [-0.2, -0.15) is 5.10 Å². The lowest BCUT2D eigenvalue weighted by molar-refractivity contribution is 0.102. The summed E-state index contributed by atoms with van der Waals surface area (Å²) in [5.74, 6) is 0.304. The van der Waals surface area contributed by atoms with Crippen LogP contribution in [0.5, 0.6) is 0 Å². The van der Waals surface area contributed by atoms with Crippen molar-refractivity contribution >= 4 is 39.9 Å². The maximum Gasteiger partial charge on any atom is 0.256 e. The van der Waals surface area contributed by atoms with E-state index in [1.54, 1.807) is 6.20 Å². The molecule has 156 valence electrons. The van der Waals surface area contributed by atoms with Gasteiger partial charge < -0.3 is 10.2 Å². The van der Waals surface area contributed by atoms with Gasteiger partial charge in [0.15, 0.2) is 5.65 Å². The van der Waals surface area contributed by atoms with Crippen LogP contribution in [0.15, 0.2) is 30.5 Å². The van der Waals surface area contributed by atoms with Gasteiger partial charge in [0.05, 0.1) is 28.5 Å². The minimum absolute atomic E-state index is 0.143. The van der Waals surface area contributed by atoms with Crippen molar-refractivity contribution in [2.45, 2.75) is 51.5 Å². The average Bonchev–Trinajstić information content (AvgIpc) is 3.25. The van der Waals surface area contributed by atoms with Gasteiger partial charge >= 0.3 is 0 Å². The van der Waals surface area contributed by atoms with E-state index in [1.165, 1.54) is 12.8 Å². The molecule has 2 aromatic heterocycles. The smallest absolute Gasteiger partial charge is 0.256 e. The van der Waals surface area contributed by atoms with Crippen LogP contribution in [0, 0.1) is 0 Å². The van der Waals surface area contributed by atoms with Crippen molar-refractivity contribution in [1.29, 1.82) is 0 Å². The molecule has 0 atom stereocenters. The highest BCUT2D eigenvalue weighted by molar-refractivity contribution is 6.31. The molecule has 3 aromatic rings. The van der Waals surface area contributed by atoms with Crippen LogP contribution in [0.2, 0.25) is 5.02 Å². The molecule has 1 saturated heterocycles. The fraction of sp³-hybridized carbons (Fsp3) is 0.435. The molecule has 0 radical (unpaired) electrons. The van der Waals surface area contributed by atoms with Crippen LogP contribution in [-0.2, 0) is 0 Å². The van der Waals surface area contributed by atoms with E-state index in [1.807, 2.05) is 28.9 Å². The fourth-order valence-corrected chi connectivity index (χ4v) is 4.40. The first-order valence-corrected chi connectivity index (χ1v) is 11.1. The molecule has 6 nitrogen and oxygen atoms in total. The highest BCUT2D eigenvalue weighted by Crippen LogP contribution is 2.40. The van der Waals surface area contributed by atoms with Crippen LogP contribution >= 0.6 is 11.6 Å². The summed E-state index contributed by atoms with van der Waals surface area (Å²) in [5.41, 5.74) is 4.17. The van der Waals surface area contributed by atoms with Gasteiger partial charge in [0, 0.05) is 35.8 Å². The first-order valence-electron chi connectivity index (χ1n) is 10.8. The Morgan fingerprint density at radius 1 is 1.20 bits per heavy atom. The quantitative estimate of drug-likeness (QED) is 0.597. The predicted molar refractivity (Wildman–Crippen MR) is 121 cm³/mol. The number of amides is 1. The monoisotopic (exact) mass is 423 g/mol. The summed E-state index contributed by atoms with van der Waals surface area (Å²) in [6.45, 7) is 6.14. The van der Waals surface area contributed by atoms with Crippen LogP contribution in [0.3, 0.4) is 0 Å². The normalized spacial score (nSPS) is 16.6. The Labute approximate surface area is 181 Å². The summed E-state index contributed by atoms with van der Waals surface area (Å²) in [6, 6.07) is 7.84. The SMILES string of the molecule is CC(C)n1ncc2c(C(=O)Nc3cc(Cl)ccc3N3CCCC3)cc(C3CC3)nc21. The minimum Gasteiger partial charge on any atom is -0.370 e. The number of hydrogen-bond donors (Lipinski definition) is 1. The molecule has 1 aliphatic heterocycles. The van der Waals surface area contributed by atoms with Crippen LogP contribution in [0.1, 0.15) is 67.5 Å². The number of rotatable bonds is 5. The third-order valence-electron chi connectivity index (χ3n) is 5.97. The molecule has 2 fully saturated rings. The van der Waals surface area contributed by atoms with Crippen molar-refractivity contribution in [3.63, 3.8) is 0 Å². The number of anilines is 2. The second-order valence-electron chi connectivity index (χ2n) is 8.60. The van der Waals surface area contributed by atoms with Gasteiger partial charge in [-0.1, -0.05) is 11.6 Å². The number of hydrogen-bond acceptors (Lipinski definition) is 4. The zero-order valence-electron chi connectivity index (χ0n) is 17.4. The molecule has 7 heteroatoms. The average molecular weight is 424 g/mol. The van der Waals surface area contributed by atoms with Gasteiger partial charge in [-0.25, -0.2) is 9.67 Å². The molecule has 0 bridgehead atoms. The zero-order chi connectivity index (χ0) is 20.8. The molecule has 0 unspecified atom stereocenters. The van der Waals surface area contributed by atoms with Crippen LogP contribution < -0.4 is 10.2 Å². The van der Waals surface area contributed by atoms with Crippen molar-refractivity contribution < 1.29 is 4.79 Å². The molecule has 1 aliphatic carbocycles. The number of pyridine rings is 1. The van der Waals surface area contributed by atoms with E-state index in [9.17, 15) is 4.79 Å². The van der Waals surface area contributed by atoms with Crippen LogP contribution in [0.4, 0.5) is 11.4 Å². The van der Waals surface area contributed by atoms with Crippen molar-refractivity contribution in [3.8, 4) is 0 Å². The van der Waals surface area contributed by atoms with Crippen molar-refractivity contribution in [3.05, 3.63) is 46.7 Å². The van der Waals surface area contributed by atoms with Gasteiger partial charge in [-0.3, -0.25) is 4.79 Å². The number of carbonyl (C=O) groups is 1. The van der Waals surface area contributed by atoms with Gasteiger partial charge in [-0.15, -0.1) is 0 Å². The lowest BCUT2D eigenvalue weighted by atomic mass is 10.1. The molecular weight excluding hydrogens is 398 g/mol. The lowest BCUT2D eigenvalue weighted by Crippen LogP contribution is -2.21. The van der Waals surface area contributed by atoms with E-state index in [4.69, 9.17) is 16.6 Å². The van der Waals surface area contributed by atoms with Gasteiger partial charge in [-0.05, 0) is 63.8 Å². The molecule has 3 heterocycles. The summed E-state index contributed by atoms with van der Waals surface area (Å²) in [5, 5.41) is 9.04. The Morgan fingerprint density at radius 2 is 1.97 bits per heavy atom. The molecule has 1 saturated carbocycles. The van der Waals surface area contributed by atoms with Crippen LogP contribution in [0.25, 0.3) is 11.0 Å². The van der Waals surface area contributed by atoms with E-state index >= 15 is 0 Å². The number of fused-ring (bicyclic) bond motifs is 1. The number of nitrogens with one attached hydrogen (secondary N) is 1. The molecule has 1 aromatic carbocycles. The van der Waals surface area contributed by atoms with Crippen molar-refractivity contribution in [2.24, 2.45) is 0 Å². The Morgan fingerprint density at radius 3 is 2.67 bits per heavy atom. The Balaban J connectivity index is 1.55. The first-order chi connectivity index (χ1) is 14.5. The maximum absolute atomic E-state index is 13.4. The molecular formula is C23H26ClN5O. The topological polar surface area (TPSA) is 63.1 Å². The molecule has 1 N–H and O–H groups in total. The molecule has 2 aliphatic rings. The predicted octanol–water partition coefficient (Wildman–Crippen LogP) is 5.40. The number of halogens is 1. The third-order valence-corrected chi connectivity index (χ3v) is 6.20. The number of aromatic nitrogens is 3. The minimum atomic E-state index is -0.143. The Kier molecular flexibility index (Phi) is 4.89. The number of benzene rings is 1. The maximum atomic E-state index is 13.4. The molecule has 0 spiro atoms. The highest BCUT2D eigenvalue weighted by Gasteiger charge is 2.28. The molecule has 30 heavy (non-hydrogen) atoms. The second-order valence-corrected chi connectivity index (χ2v) is 9.04. The van der Waals surface area contributed by atoms with Gasteiger partial charge in [0.1, 0.15) is 0 Å². The van der Waals surface area contributed by atoms with Gasteiger partial charge in [0.2, 0.25) is 0 Å². The van der Waals surface area contributed by atoms with E-state index in [0.717, 1.165) is 54.0 Å². The van der Waals surface area contributed by atoms with Crippen molar-refractivity contribution in [2.75, 3.05) is 23.3 Å².